The van der Waals surface area contributed by atoms with Crippen molar-refractivity contribution in [2.45, 2.75) is 25.3 Å². The average molecular weight is 272 g/mol. The van der Waals surface area contributed by atoms with E-state index in [1.165, 1.54) is 6.42 Å². The van der Waals surface area contributed by atoms with Crippen LogP contribution in [0.15, 0.2) is 10.8 Å². The average Bonchev–Trinajstić information content (AvgIpc) is 2.44. The predicted molar refractivity (Wildman–Crippen MR) is 60.6 cm³/mol. The van der Waals surface area contributed by atoms with Crippen LogP contribution in [0.5, 0.6) is 0 Å². The molecule has 0 aromatic carbocycles. The van der Waals surface area contributed by atoms with Crippen LogP contribution in [-0.4, -0.2) is 33.7 Å². The summed E-state index contributed by atoms with van der Waals surface area (Å²) in [6.07, 6.45) is 5.10. The lowest BCUT2D eigenvalue weighted by molar-refractivity contribution is 0.0651. The van der Waals surface area contributed by atoms with Crippen molar-refractivity contribution >= 4 is 21.8 Å². The summed E-state index contributed by atoms with van der Waals surface area (Å²) in [7, 11) is 3.68. The van der Waals surface area contributed by atoms with Crippen LogP contribution < -0.4 is 0 Å². The quantitative estimate of drug-likeness (QED) is 0.823. The van der Waals surface area contributed by atoms with E-state index in [1.807, 2.05) is 19.0 Å². The van der Waals surface area contributed by atoms with Crippen molar-refractivity contribution in [2.24, 2.45) is 7.05 Å². The first-order chi connectivity index (χ1) is 7.11. The van der Waals surface area contributed by atoms with Gasteiger partial charge in [-0.15, -0.1) is 0 Å². The molecule has 82 valence electrons. The normalized spacial score (nSPS) is 16.2. The third kappa shape index (κ3) is 1.80. The maximum Gasteiger partial charge on any atom is 0.258 e. The highest BCUT2D eigenvalue weighted by Crippen LogP contribution is 2.26. The lowest BCUT2D eigenvalue weighted by Gasteiger charge is -2.34. The van der Waals surface area contributed by atoms with Crippen LogP contribution in [-0.2, 0) is 7.05 Å². The summed E-state index contributed by atoms with van der Waals surface area (Å²) in [5.41, 5.74) is 0.645. The third-order valence-corrected chi connectivity index (χ3v) is 3.98. The monoisotopic (exact) mass is 271 g/mol. The standard InChI is InChI=1S/C10H14BrN3O/c1-13(7-4-3-5-7)10(15)8-6-12-14(2)9(8)11/h6-7H,3-5H2,1-2H3. The molecule has 0 atom stereocenters. The van der Waals surface area contributed by atoms with Gasteiger partial charge in [-0.25, -0.2) is 0 Å². The number of rotatable bonds is 2. The van der Waals surface area contributed by atoms with Crippen LogP contribution in [0, 0.1) is 0 Å². The first kappa shape index (κ1) is 10.7. The minimum atomic E-state index is 0.0553. The zero-order valence-corrected chi connectivity index (χ0v) is 10.5. The number of nitrogens with zero attached hydrogens (tertiary/aromatic N) is 3. The Bertz CT molecular complexity index is 384. The van der Waals surface area contributed by atoms with Gasteiger partial charge in [0.2, 0.25) is 0 Å². The Morgan fingerprint density at radius 3 is 2.73 bits per heavy atom. The molecule has 1 aliphatic carbocycles. The Kier molecular flexibility index (Phi) is 2.82. The van der Waals surface area contributed by atoms with Gasteiger partial charge in [0.25, 0.3) is 5.91 Å². The van der Waals surface area contributed by atoms with Crippen molar-refractivity contribution in [1.29, 1.82) is 0 Å². The Hall–Kier alpha value is -0.840. The van der Waals surface area contributed by atoms with E-state index in [0.29, 0.717) is 11.6 Å². The summed E-state index contributed by atoms with van der Waals surface area (Å²) in [5.74, 6) is 0.0553. The molecule has 0 aliphatic heterocycles. The van der Waals surface area contributed by atoms with E-state index >= 15 is 0 Å². The van der Waals surface area contributed by atoms with E-state index in [-0.39, 0.29) is 5.91 Å². The molecule has 1 amide bonds. The zero-order chi connectivity index (χ0) is 11.0. The Labute approximate surface area is 97.4 Å². The van der Waals surface area contributed by atoms with Crippen LogP contribution in [0.25, 0.3) is 0 Å². The maximum atomic E-state index is 12.1. The van der Waals surface area contributed by atoms with Gasteiger partial charge in [0.05, 0.1) is 11.8 Å². The molecule has 4 nitrogen and oxygen atoms in total. The van der Waals surface area contributed by atoms with Gasteiger partial charge in [-0.2, -0.15) is 5.10 Å². The number of hydrogen-bond acceptors (Lipinski definition) is 2. The van der Waals surface area contributed by atoms with Gasteiger partial charge in [-0.05, 0) is 35.2 Å². The van der Waals surface area contributed by atoms with Gasteiger partial charge in [-0.3, -0.25) is 9.48 Å². The second-order valence-electron chi connectivity index (χ2n) is 3.97. The highest BCUT2D eigenvalue weighted by molar-refractivity contribution is 9.10. The minimum Gasteiger partial charge on any atom is -0.339 e. The number of aryl methyl sites for hydroxylation is 1. The van der Waals surface area contributed by atoms with E-state index < -0.39 is 0 Å². The SMILES string of the molecule is CN(C(=O)c1cnn(C)c1Br)C1CCC1. The lowest BCUT2D eigenvalue weighted by Crippen LogP contribution is -2.41. The summed E-state index contributed by atoms with van der Waals surface area (Å²) in [6.45, 7) is 0. The summed E-state index contributed by atoms with van der Waals surface area (Å²) in [6, 6.07) is 0.421. The Morgan fingerprint density at radius 2 is 2.33 bits per heavy atom. The number of aromatic nitrogens is 2. The summed E-state index contributed by atoms with van der Waals surface area (Å²) < 4.78 is 2.40. The van der Waals surface area contributed by atoms with Crippen LogP contribution in [0.3, 0.4) is 0 Å². The smallest absolute Gasteiger partial charge is 0.258 e. The Balaban J connectivity index is 2.16. The molecule has 0 radical (unpaired) electrons. The molecule has 1 aromatic rings. The summed E-state index contributed by atoms with van der Waals surface area (Å²) in [4.78, 5) is 13.9. The van der Waals surface area contributed by atoms with Crippen LogP contribution in [0.1, 0.15) is 29.6 Å². The van der Waals surface area contributed by atoms with Gasteiger partial charge in [-0.1, -0.05) is 0 Å². The first-order valence-electron chi connectivity index (χ1n) is 5.06. The van der Waals surface area contributed by atoms with Crippen LogP contribution in [0.2, 0.25) is 0 Å². The van der Waals surface area contributed by atoms with Crippen molar-refractivity contribution in [1.82, 2.24) is 14.7 Å². The van der Waals surface area contributed by atoms with Crippen LogP contribution >= 0.6 is 15.9 Å². The van der Waals surface area contributed by atoms with Gasteiger partial charge in [0, 0.05) is 20.1 Å². The number of amides is 1. The first-order valence-corrected chi connectivity index (χ1v) is 5.85. The maximum absolute atomic E-state index is 12.1. The zero-order valence-electron chi connectivity index (χ0n) is 8.90. The molecule has 15 heavy (non-hydrogen) atoms. The highest BCUT2D eigenvalue weighted by Gasteiger charge is 2.28. The molecule has 1 heterocycles. The highest BCUT2D eigenvalue weighted by atomic mass is 79.9. The molecule has 0 spiro atoms. The topological polar surface area (TPSA) is 38.1 Å². The lowest BCUT2D eigenvalue weighted by atomic mass is 9.91. The van der Waals surface area contributed by atoms with E-state index in [2.05, 4.69) is 21.0 Å². The molecule has 0 bridgehead atoms. The summed E-state index contributed by atoms with van der Waals surface area (Å²) in [5, 5.41) is 4.05. The molecule has 0 unspecified atom stereocenters. The largest absolute Gasteiger partial charge is 0.339 e. The van der Waals surface area contributed by atoms with Crippen molar-refractivity contribution in [3.63, 3.8) is 0 Å². The molecule has 0 N–H and O–H groups in total. The number of carbonyl (C=O) groups excluding carboxylic acids is 1. The molecule has 5 heteroatoms. The minimum absolute atomic E-state index is 0.0553. The fraction of sp³-hybridized carbons (Fsp3) is 0.600. The van der Waals surface area contributed by atoms with E-state index in [9.17, 15) is 4.79 Å². The summed E-state index contributed by atoms with van der Waals surface area (Å²) >= 11 is 3.36. The fourth-order valence-electron chi connectivity index (χ4n) is 1.70. The molecular weight excluding hydrogens is 258 g/mol. The van der Waals surface area contributed by atoms with Crippen LogP contribution in [0.4, 0.5) is 0 Å². The Morgan fingerprint density at radius 1 is 1.67 bits per heavy atom. The fourth-order valence-corrected chi connectivity index (χ4v) is 2.06. The number of carbonyl (C=O) groups is 1. The van der Waals surface area contributed by atoms with Crippen molar-refractivity contribution in [3.05, 3.63) is 16.4 Å². The van der Waals surface area contributed by atoms with Crippen molar-refractivity contribution in [3.8, 4) is 0 Å². The van der Waals surface area contributed by atoms with Crippen molar-refractivity contribution in [2.75, 3.05) is 7.05 Å². The van der Waals surface area contributed by atoms with E-state index in [1.54, 1.807) is 10.9 Å². The molecule has 1 aliphatic rings. The second kappa shape index (κ2) is 3.96. The third-order valence-electron chi connectivity index (χ3n) is 3.04. The second-order valence-corrected chi connectivity index (χ2v) is 4.72. The molecule has 0 saturated heterocycles. The predicted octanol–water partition coefficient (Wildman–Crippen LogP) is 1.81. The number of halogens is 1. The van der Waals surface area contributed by atoms with E-state index in [4.69, 9.17) is 0 Å². The van der Waals surface area contributed by atoms with Crippen molar-refractivity contribution < 1.29 is 4.79 Å². The van der Waals surface area contributed by atoms with Gasteiger partial charge >= 0.3 is 0 Å². The van der Waals surface area contributed by atoms with Gasteiger partial charge in [0.1, 0.15) is 4.60 Å². The van der Waals surface area contributed by atoms with Gasteiger partial charge in [0.15, 0.2) is 0 Å². The van der Waals surface area contributed by atoms with Gasteiger partial charge < -0.3 is 4.90 Å². The molecule has 2 rings (SSSR count). The molecule has 1 saturated carbocycles. The molecule has 1 fully saturated rings. The number of hydrogen-bond donors (Lipinski definition) is 0. The molecular formula is C10H14BrN3O. The van der Waals surface area contributed by atoms with E-state index in [0.717, 1.165) is 17.4 Å². The molecule has 1 aromatic heterocycles.